The molecule has 0 radical (unpaired) electrons. The Bertz CT molecular complexity index is 609. The van der Waals surface area contributed by atoms with Crippen LogP contribution in [0.5, 0.6) is 0 Å². The lowest BCUT2D eigenvalue weighted by molar-refractivity contribution is -0.384. The summed E-state index contributed by atoms with van der Waals surface area (Å²) in [6, 6.07) is 4.51. The molecule has 19 heavy (non-hydrogen) atoms. The van der Waals surface area contributed by atoms with Gasteiger partial charge in [-0.3, -0.25) is 10.1 Å². The molecule has 1 unspecified atom stereocenters. The van der Waals surface area contributed by atoms with Crippen molar-refractivity contribution in [2.24, 2.45) is 0 Å². The van der Waals surface area contributed by atoms with Crippen LogP contribution in [0.15, 0.2) is 24.4 Å². The second-order valence-corrected chi connectivity index (χ2v) is 4.24. The largest absolute Gasteiger partial charge is 0.387 e. The summed E-state index contributed by atoms with van der Waals surface area (Å²) >= 11 is 0. The maximum absolute atomic E-state index is 10.7. The lowest BCUT2D eigenvalue weighted by Gasteiger charge is -2.04. The predicted octanol–water partition coefficient (Wildman–Crippen LogP) is 1.93. The van der Waals surface area contributed by atoms with E-state index in [2.05, 4.69) is 10.3 Å². The normalized spacial score (nSPS) is 12.4. The fourth-order valence-corrected chi connectivity index (χ4v) is 1.77. The first-order valence-electron chi connectivity index (χ1n) is 5.88. The highest BCUT2D eigenvalue weighted by Crippen LogP contribution is 2.21. The van der Waals surface area contributed by atoms with Crippen LogP contribution in [-0.4, -0.2) is 25.0 Å². The van der Waals surface area contributed by atoms with E-state index < -0.39 is 11.0 Å². The minimum absolute atomic E-state index is 0.0372. The van der Waals surface area contributed by atoms with E-state index in [1.165, 1.54) is 16.8 Å². The van der Waals surface area contributed by atoms with Crippen molar-refractivity contribution >= 4 is 5.69 Å². The van der Waals surface area contributed by atoms with Crippen molar-refractivity contribution in [2.75, 3.05) is 0 Å². The molecule has 0 amide bonds. The highest BCUT2D eigenvalue weighted by Gasteiger charge is 2.13. The summed E-state index contributed by atoms with van der Waals surface area (Å²) in [5.41, 5.74) is 1.94. The van der Waals surface area contributed by atoms with E-state index in [0.717, 1.165) is 5.56 Å². The maximum atomic E-state index is 10.7. The number of aryl methyl sites for hydroxylation is 1. The third-order valence-corrected chi connectivity index (χ3v) is 2.88. The molecule has 1 atom stereocenters. The number of aliphatic hydroxyl groups is 1. The number of hydrogen-bond donors (Lipinski definition) is 1. The lowest BCUT2D eigenvalue weighted by atomic mass is 10.2. The first kappa shape index (κ1) is 13.2. The second-order valence-electron chi connectivity index (χ2n) is 4.24. The fraction of sp³-hybridized carbons (Fsp3) is 0.333. The molecular weight excluding hydrogens is 248 g/mol. The molecule has 0 saturated carbocycles. The van der Waals surface area contributed by atoms with E-state index in [1.54, 1.807) is 19.2 Å². The molecule has 0 fully saturated rings. The number of nitrogens with zero attached hydrogens (tertiary/aromatic N) is 4. The van der Waals surface area contributed by atoms with Gasteiger partial charge in [0.05, 0.1) is 22.9 Å². The van der Waals surface area contributed by atoms with Crippen LogP contribution >= 0.6 is 0 Å². The highest BCUT2D eigenvalue weighted by molar-refractivity contribution is 5.47. The number of nitro benzene ring substituents is 1. The number of benzene rings is 1. The molecule has 7 nitrogen and oxygen atoms in total. The standard InChI is InChI=1S/C12H14N4O3/c1-3-12(17)10-7-15(14-13-10)11-5-4-9(16(18)19)6-8(11)2/h4-7,12,17H,3H2,1-2H3. The summed E-state index contributed by atoms with van der Waals surface area (Å²) in [4.78, 5) is 10.2. The van der Waals surface area contributed by atoms with Crippen LogP contribution in [0, 0.1) is 17.0 Å². The Morgan fingerprint density at radius 2 is 2.26 bits per heavy atom. The minimum Gasteiger partial charge on any atom is -0.387 e. The molecule has 0 aliphatic rings. The van der Waals surface area contributed by atoms with E-state index in [4.69, 9.17) is 0 Å². The maximum Gasteiger partial charge on any atom is 0.269 e. The molecule has 0 bridgehead atoms. The molecule has 0 aliphatic carbocycles. The number of nitro groups is 1. The minimum atomic E-state index is -0.646. The van der Waals surface area contributed by atoms with Gasteiger partial charge in [-0.25, -0.2) is 4.68 Å². The number of rotatable bonds is 4. The number of aromatic nitrogens is 3. The van der Waals surface area contributed by atoms with Gasteiger partial charge < -0.3 is 5.11 Å². The average molecular weight is 262 g/mol. The summed E-state index contributed by atoms with van der Waals surface area (Å²) in [6.45, 7) is 3.61. The highest BCUT2D eigenvalue weighted by atomic mass is 16.6. The van der Waals surface area contributed by atoms with Crippen molar-refractivity contribution in [2.45, 2.75) is 26.4 Å². The molecule has 1 N–H and O–H groups in total. The van der Waals surface area contributed by atoms with Crippen molar-refractivity contribution in [3.05, 3.63) is 45.8 Å². The Kier molecular flexibility index (Phi) is 3.57. The van der Waals surface area contributed by atoms with Crippen LogP contribution in [0.4, 0.5) is 5.69 Å². The fourth-order valence-electron chi connectivity index (χ4n) is 1.77. The zero-order chi connectivity index (χ0) is 14.0. The van der Waals surface area contributed by atoms with Gasteiger partial charge in [-0.2, -0.15) is 0 Å². The third kappa shape index (κ3) is 2.60. The van der Waals surface area contributed by atoms with Crippen molar-refractivity contribution < 1.29 is 10.0 Å². The van der Waals surface area contributed by atoms with Gasteiger partial charge in [0, 0.05) is 12.1 Å². The smallest absolute Gasteiger partial charge is 0.269 e. The zero-order valence-corrected chi connectivity index (χ0v) is 10.6. The van der Waals surface area contributed by atoms with Crippen LogP contribution in [0.2, 0.25) is 0 Å². The predicted molar refractivity (Wildman–Crippen MR) is 68.0 cm³/mol. The van der Waals surface area contributed by atoms with E-state index >= 15 is 0 Å². The van der Waals surface area contributed by atoms with Crippen molar-refractivity contribution in [3.63, 3.8) is 0 Å². The summed E-state index contributed by atoms with van der Waals surface area (Å²) in [5.74, 6) is 0. The first-order valence-corrected chi connectivity index (χ1v) is 5.88. The van der Waals surface area contributed by atoms with Crippen LogP contribution in [0.3, 0.4) is 0 Å². The Hall–Kier alpha value is -2.28. The number of hydrogen-bond acceptors (Lipinski definition) is 5. The Morgan fingerprint density at radius 3 is 2.84 bits per heavy atom. The lowest BCUT2D eigenvalue weighted by Crippen LogP contribution is -1.99. The van der Waals surface area contributed by atoms with Gasteiger partial charge in [-0.15, -0.1) is 5.10 Å². The molecule has 2 rings (SSSR count). The summed E-state index contributed by atoms with van der Waals surface area (Å²) in [7, 11) is 0. The summed E-state index contributed by atoms with van der Waals surface area (Å²) in [6.07, 6.45) is 1.53. The SMILES string of the molecule is CCC(O)c1cn(-c2ccc([N+](=O)[O-])cc2C)nn1. The Morgan fingerprint density at radius 1 is 1.53 bits per heavy atom. The Balaban J connectivity index is 2.37. The van der Waals surface area contributed by atoms with E-state index in [0.29, 0.717) is 17.8 Å². The monoisotopic (exact) mass is 262 g/mol. The molecule has 0 aliphatic heterocycles. The van der Waals surface area contributed by atoms with Crippen LogP contribution in [0.1, 0.15) is 30.7 Å². The van der Waals surface area contributed by atoms with Crippen LogP contribution in [-0.2, 0) is 0 Å². The van der Waals surface area contributed by atoms with Crippen LogP contribution in [0.25, 0.3) is 5.69 Å². The number of non-ortho nitro benzene ring substituents is 1. The molecule has 7 heteroatoms. The van der Waals surface area contributed by atoms with Gasteiger partial charge in [0.2, 0.25) is 0 Å². The average Bonchev–Trinajstić information content (AvgIpc) is 2.87. The molecule has 1 aromatic carbocycles. The van der Waals surface area contributed by atoms with Crippen LogP contribution < -0.4 is 0 Å². The van der Waals surface area contributed by atoms with Crippen molar-refractivity contribution in [1.29, 1.82) is 0 Å². The topological polar surface area (TPSA) is 94.1 Å². The van der Waals surface area contributed by atoms with Gasteiger partial charge in [-0.1, -0.05) is 12.1 Å². The second kappa shape index (κ2) is 5.15. The van der Waals surface area contributed by atoms with E-state index in [-0.39, 0.29) is 5.69 Å². The van der Waals surface area contributed by atoms with Gasteiger partial charge >= 0.3 is 0 Å². The summed E-state index contributed by atoms with van der Waals surface area (Å²) in [5, 5.41) is 28.2. The van der Waals surface area contributed by atoms with E-state index in [9.17, 15) is 15.2 Å². The molecular formula is C12H14N4O3. The Labute approximate surface area is 109 Å². The molecule has 2 aromatic rings. The van der Waals surface area contributed by atoms with Gasteiger partial charge in [0.25, 0.3) is 5.69 Å². The van der Waals surface area contributed by atoms with Gasteiger partial charge in [0.1, 0.15) is 5.69 Å². The van der Waals surface area contributed by atoms with E-state index in [1.807, 2.05) is 6.92 Å². The van der Waals surface area contributed by atoms with Crippen molar-refractivity contribution in [1.82, 2.24) is 15.0 Å². The molecule has 0 spiro atoms. The zero-order valence-electron chi connectivity index (χ0n) is 10.6. The molecule has 1 heterocycles. The quantitative estimate of drug-likeness (QED) is 0.671. The number of aliphatic hydroxyl groups excluding tert-OH is 1. The molecule has 0 saturated heterocycles. The van der Waals surface area contributed by atoms with Gasteiger partial charge in [0.15, 0.2) is 0 Å². The molecule has 1 aromatic heterocycles. The van der Waals surface area contributed by atoms with Crippen molar-refractivity contribution in [3.8, 4) is 5.69 Å². The molecule has 100 valence electrons. The van der Waals surface area contributed by atoms with Gasteiger partial charge in [-0.05, 0) is 25.0 Å². The third-order valence-electron chi connectivity index (χ3n) is 2.88. The first-order chi connectivity index (χ1) is 9.02. The summed E-state index contributed by atoms with van der Waals surface area (Å²) < 4.78 is 1.51.